The van der Waals surface area contributed by atoms with Gasteiger partial charge in [0.2, 0.25) is 0 Å². The predicted molar refractivity (Wildman–Crippen MR) is 75.7 cm³/mol. The zero-order valence-electron chi connectivity index (χ0n) is 11.3. The average Bonchev–Trinajstić information content (AvgIpc) is 2.34. The van der Waals surface area contributed by atoms with Gasteiger partial charge in [-0.25, -0.2) is 4.79 Å². The van der Waals surface area contributed by atoms with Gasteiger partial charge in [0.05, 0.1) is 0 Å². The third kappa shape index (κ3) is 4.75. The highest BCUT2D eigenvalue weighted by molar-refractivity contribution is 5.89. The molecule has 0 saturated carbocycles. The summed E-state index contributed by atoms with van der Waals surface area (Å²) >= 11 is 0. The molecule has 0 aliphatic carbocycles. The lowest BCUT2D eigenvalue weighted by atomic mass is 10.2. The Balaban J connectivity index is 2.60. The van der Waals surface area contributed by atoms with E-state index in [9.17, 15) is 4.79 Å². The molecule has 0 fully saturated rings. The minimum atomic E-state index is -0.0455. The summed E-state index contributed by atoms with van der Waals surface area (Å²) in [7, 11) is 0. The van der Waals surface area contributed by atoms with Crippen molar-refractivity contribution in [3.8, 4) is 0 Å². The van der Waals surface area contributed by atoms with Gasteiger partial charge >= 0.3 is 6.03 Å². The van der Waals surface area contributed by atoms with Crippen LogP contribution in [0.15, 0.2) is 24.3 Å². The zero-order valence-corrected chi connectivity index (χ0v) is 11.3. The molecule has 100 valence electrons. The van der Waals surface area contributed by atoms with Crippen molar-refractivity contribution >= 4 is 11.7 Å². The van der Waals surface area contributed by atoms with Gasteiger partial charge in [-0.05, 0) is 44.0 Å². The van der Waals surface area contributed by atoms with Gasteiger partial charge in [0.15, 0.2) is 0 Å². The van der Waals surface area contributed by atoms with E-state index >= 15 is 0 Å². The molecular weight excluding hydrogens is 226 g/mol. The summed E-state index contributed by atoms with van der Waals surface area (Å²) < 4.78 is 0. The number of carbonyl (C=O) groups excluding carboxylic acids is 1. The largest absolute Gasteiger partial charge is 0.330 e. The quantitative estimate of drug-likeness (QED) is 0.814. The molecule has 1 rings (SSSR count). The van der Waals surface area contributed by atoms with Gasteiger partial charge in [0, 0.05) is 18.8 Å². The van der Waals surface area contributed by atoms with Crippen LogP contribution in [0.1, 0.15) is 25.3 Å². The van der Waals surface area contributed by atoms with E-state index in [1.54, 1.807) is 0 Å². The van der Waals surface area contributed by atoms with E-state index in [1.807, 2.05) is 36.1 Å². The first kappa shape index (κ1) is 14.5. The van der Waals surface area contributed by atoms with Gasteiger partial charge in [-0.3, -0.25) is 0 Å². The second-order valence-electron chi connectivity index (χ2n) is 4.43. The highest BCUT2D eigenvalue weighted by Gasteiger charge is 2.11. The fraction of sp³-hybridized carbons (Fsp3) is 0.500. The van der Waals surface area contributed by atoms with E-state index in [1.165, 1.54) is 0 Å². The first-order chi connectivity index (χ1) is 8.67. The van der Waals surface area contributed by atoms with Crippen LogP contribution in [0.2, 0.25) is 0 Å². The number of nitrogens with one attached hydrogen (secondary N) is 1. The number of anilines is 1. The molecule has 3 N–H and O–H groups in total. The van der Waals surface area contributed by atoms with Crippen molar-refractivity contribution in [1.82, 2.24) is 4.90 Å². The Labute approximate surface area is 109 Å². The Kier molecular flexibility index (Phi) is 6.22. The van der Waals surface area contributed by atoms with Crippen molar-refractivity contribution < 1.29 is 4.79 Å². The molecule has 0 aliphatic rings. The molecule has 18 heavy (non-hydrogen) atoms. The summed E-state index contributed by atoms with van der Waals surface area (Å²) in [6.45, 7) is 6.15. The number of benzene rings is 1. The zero-order chi connectivity index (χ0) is 13.4. The van der Waals surface area contributed by atoms with E-state index in [2.05, 4.69) is 12.2 Å². The summed E-state index contributed by atoms with van der Waals surface area (Å²) in [5, 5.41) is 2.92. The van der Waals surface area contributed by atoms with E-state index in [-0.39, 0.29) is 6.03 Å². The van der Waals surface area contributed by atoms with Crippen LogP contribution < -0.4 is 11.1 Å². The summed E-state index contributed by atoms with van der Waals surface area (Å²) in [4.78, 5) is 13.9. The molecule has 4 heteroatoms. The Morgan fingerprint density at radius 1 is 1.39 bits per heavy atom. The Bertz CT molecular complexity index is 379. The maximum Gasteiger partial charge on any atom is 0.321 e. The predicted octanol–water partition coefficient (Wildman–Crippen LogP) is 2.59. The van der Waals surface area contributed by atoms with Gasteiger partial charge in [0.25, 0.3) is 0 Å². The van der Waals surface area contributed by atoms with Crippen LogP contribution in [0.5, 0.6) is 0 Å². The van der Waals surface area contributed by atoms with Crippen LogP contribution >= 0.6 is 0 Å². The van der Waals surface area contributed by atoms with Gasteiger partial charge < -0.3 is 16.0 Å². The van der Waals surface area contributed by atoms with Crippen molar-refractivity contribution in [3.63, 3.8) is 0 Å². The fourth-order valence-electron chi connectivity index (χ4n) is 1.79. The highest BCUT2D eigenvalue weighted by Crippen LogP contribution is 2.10. The second-order valence-corrected chi connectivity index (χ2v) is 4.43. The van der Waals surface area contributed by atoms with Crippen LogP contribution in [0, 0.1) is 6.92 Å². The SMILES string of the molecule is CCCN(CCCN)C(=O)Nc1cccc(C)c1. The number of aryl methyl sites for hydroxylation is 1. The second kappa shape index (κ2) is 7.71. The number of rotatable bonds is 6. The van der Waals surface area contributed by atoms with Crippen molar-refractivity contribution in [2.45, 2.75) is 26.7 Å². The number of hydrogen-bond acceptors (Lipinski definition) is 2. The summed E-state index contributed by atoms with van der Waals surface area (Å²) in [5.41, 5.74) is 7.46. The molecule has 0 aliphatic heterocycles. The van der Waals surface area contributed by atoms with E-state index in [0.717, 1.165) is 30.6 Å². The molecule has 0 saturated heterocycles. The normalized spacial score (nSPS) is 10.2. The van der Waals surface area contributed by atoms with E-state index < -0.39 is 0 Å². The summed E-state index contributed by atoms with van der Waals surface area (Å²) in [6, 6.07) is 7.77. The number of nitrogens with two attached hydrogens (primary N) is 1. The molecule has 0 aromatic heterocycles. The molecule has 0 bridgehead atoms. The molecule has 1 aromatic rings. The molecule has 0 unspecified atom stereocenters. The average molecular weight is 249 g/mol. The standard InChI is InChI=1S/C14H23N3O/c1-3-9-17(10-5-8-15)14(18)16-13-7-4-6-12(2)11-13/h4,6-7,11H,3,5,8-10,15H2,1-2H3,(H,16,18). The smallest absolute Gasteiger partial charge is 0.321 e. The molecule has 0 radical (unpaired) electrons. The van der Waals surface area contributed by atoms with Crippen molar-refractivity contribution in [3.05, 3.63) is 29.8 Å². The van der Waals surface area contributed by atoms with Gasteiger partial charge in [0.1, 0.15) is 0 Å². The molecule has 2 amide bonds. The van der Waals surface area contributed by atoms with Crippen LogP contribution in [0.25, 0.3) is 0 Å². The van der Waals surface area contributed by atoms with Crippen molar-refractivity contribution in [2.24, 2.45) is 5.73 Å². The number of carbonyl (C=O) groups is 1. The van der Waals surface area contributed by atoms with Crippen LogP contribution in [0.3, 0.4) is 0 Å². The molecule has 4 nitrogen and oxygen atoms in total. The van der Waals surface area contributed by atoms with Crippen LogP contribution in [-0.4, -0.2) is 30.6 Å². The van der Waals surface area contributed by atoms with Gasteiger partial charge in [-0.1, -0.05) is 19.1 Å². The fourth-order valence-corrected chi connectivity index (χ4v) is 1.79. The Morgan fingerprint density at radius 2 is 2.17 bits per heavy atom. The van der Waals surface area contributed by atoms with E-state index in [4.69, 9.17) is 5.73 Å². The van der Waals surface area contributed by atoms with Crippen molar-refractivity contribution in [1.29, 1.82) is 0 Å². The number of nitrogens with zero attached hydrogens (tertiary/aromatic N) is 1. The monoisotopic (exact) mass is 249 g/mol. The van der Waals surface area contributed by atoms with Gasteiger partial charge in [-0.15, -0.1) is 0 Å². The Hall–Kier alpha value is -1.55. The third-order valence-corrected chi connectivity index (χ3v) is 2.68. The maximum absolute atomic E-state index is 12.1. The summed E-state index contributed by atoms with van der Waals surface area (Å²) in [6.07, 6.45) is 1.78. The van der Waals surface area contributed by atoms with E-state index in [0.29, 0.717) is 13.1 Å². The molecule has 1 aromatic carbocycles. The lowest BCUT2D eigenvalue weighted by Crippen LogP contribution is -2.37. The highest BCUT2D eigenvalue weighted by atomic mass is 16.2. The Morgan fingerprint density at radius 3 is 2.78 bits per heavy atom. The number of amides is 2. The van der Waals surface area contributed by atoms with Crippen molar-refractivity contribution in [2.75, 3.05) is 25.0 Å². The number of urea groups is 1. The molecule has 0 atom stereocenters. The topological polar surface area (TPSA) is 58.4 Å². The first-order valence-electron chi connectivity index (χ1n) is 6.50. The minimum Gasteiger partial charge on any atom is -0.330 e. The third-order valence-electron chi connectivity index (χ3n) is 2.68. The van der Waals surface area contributed by atoms with Crippen LogP contribution in [0.4, 0.5) is 10.5 Å². The molecular formula is C14H23N3O. The van der Waals surface area contributed by atoms with Crippen LogP contribution in [-0.2, 0) is 0 Å². The lowest BCUT2D eigenvalue weighted by molar-refractivity contribution is 0.211. The van der Waals surface area contributed by atoms with Gasteiger partial charge in [-0.2, -0.15) is 0 Å². The maximum atomic E-state index is 12.1. The lowest BCUT2D eigenvalue weighted by Gasteiger charge is -2.22. The number of hydrogen-bond donors (Lipinski definition) is 2. The molecule has 0 heterocycles. The minimum absolute atomic E-state index is 0.0455. The summed E-state index contributed by atoms with van der Waals surface area (Å²) in [5.74, 6) is 0. The first-order valence-corrected chi connectivity index (χ1v) is 6.50. The molecule has 0 spiro atoms.